The number of carbonyl (C=O) groups is 1. The van der Waals surface area contributed by atoms with Gasteiger partial charge in [-0.25, -0.2) is 0 Å². The zero-order chi connectivity index (χ0) is 13.9. The Morgan fingerprint density at radius 2 is 1.17 bits per heavy atom. The molecule has 108 valence electrons. The van der Waals surface area contributed by atoms with Gasteiger partial charge in [0.2, 0.25) is 0 Å². The maximum absolute atomic E-state index is 10.7. The predicted molar refractivity (Wildman–Crippen MR) is 68.3 cm³/mol. The lowest BCUT2D eigenvalue weighted by Crippen LogP contribution is -2.24. The van der Waals surface area contributed by atoms with Crippen molar-refractivity contribution < 1.29 is 25.2 Å². The summed E-state index contributed by atoms with van der Waals surface area (Å²) in [6, 6.07) is 0. The minimum atomic E-state index is -0.823. The van der Waals surface area contributed by atoms with Gasteiger partial charge < -0.3 is 20.4 Å². The highest BCUT2D eigenvalue weighted by Gasteiger charge is 2.29. The molecule has 0 rings (SSSR count). The van der Waals surface area contributed by atoms with Crippen LogP contribution in [0.1, 0.15) is 51.4 Å². The van der Waals surface area contributed by atoms with Gasteiger partial charge in [-0.2, -0.15) is 0 Å². The van der Waals surface area contributed by atoms with E-state index in [1.165, 1.54) is 0 Å². The molecular weight excluding hydrogens is 236 g/mol. The van der Waals surface area contributed by atoms with Gasteiger partial charge in [0.05, 0.1) is 0 Å². The number of hydrogen-bond donors (Lipinski definition) is 4. The smallest absolute Gasteiger partial charge is 0.303 e. The van der Waals surface area contributed by atoms with Crippen molar-refractivity contribution in [2.75, 3.05) is 19.8 Å². The third kappa shape index (κ3) is 7.63. The lowest BCUT2D eigenvalue weighted by molar-refractivity contribution is -0.137. The molecule has 0 atom stereocenters. The number of carboxylic acid groups (broad SMARTS) is 1. The van der Waals surface area contributed by atoms with Gasteiger partial charge in [0, 0.05) is 26.2 Å². The van der Waals surface area contributed by atoms with E-state index in [2.05, 4.69) is 0 Å². The van der Waals surface area contributed by atoms with E-state index in [1.807, 2.05) is 0 Å². The minimum Gasteiger partial charge on any atom is -0.481 e. The Balaban J connectivity index is 4.55. The van der Waals surface area contributed by atoms with E-state index in [4.69, 9.17) is 20.4 Å². The van der Waals surface area contributed by atoms with E-state index in [1.54, 1.807) is 0 Å². The Morgan fingerprint density at radius 1 is 0.778 bits per heavy atom. The van der Waals surface area contributed by atoms with Crippen molar-refractivity contribution in [1.29, 1.82) is 0 Å². The van der Waals surface area contributed by atoms with Crippen molar-refractivity contribution in [3.8, 4) is 0 Å². The predicted octanol–water partition coefficient (Wildman–Crippen LogP) is 1.16. The maximum atomic E-state index is 10.7. The van der Waals surface area contributed by atoms with E-state index < -0.39 is 5.97 Å². The van der Waals surface area contributed by atoms with Crippen molar-refractivity contribution in [3.63, 3.8) is 0 Å². The molecule has 5 nitrogen and oxygen atoms in total. The number of aliphatic carboxylic acids is 1. The largest absolute Gasteiger partial charge is 0.481 e. The van der Waals surface area contributed by atoms with Crippen molar-refractivity contribution in [3.05, 3.63) is 0 Å². The summed E-state index contributed by atoms with van der Waals surface area (Å²) in [7, 11) is 0. The van der Waals surface area contributed by atoms with Gasteiger partial charge in [0.25, 0.3) is 0 Å². The topological polar surface area (TPSA) is 98.0 Å². The molecule has 4 N–H and O–H groups in total. The van der Waals surface area contributed by atoms with Gasteiger partial charge in [-0.1, -0.05) is 0 Å². The molecule has 0 radical (unpaired) electrons. The van der Waals surface area contributed by atoms with Crippen LogP contribution in [-0.2, 0) is 4.79 Å². The molecule has 0 aromatic heterocycles. The number of aliphatic hydroxyl groups is 3. The third-order valence-electron chi connectivity index (χ3n) is 3.46. The second-order valence-electron chi connectivity index (χ2n) is 4.88. The summed E-state index contributed by atoms with van der Waals surface area (Å²) in [6.07, 6.45) is 4.79. The number of aliphatic hydroxyl groups excluding tert-OH is 3. The Hall–Kier alpha value is -0.650. The zero-order valence-electron chi connectivity index (χ0n) is 11.0. The van der Waals surface area contributed by atoms with Crippen LogP contribution in [0.4, 0.5) is 0 Å². The quantitative estimate of drug-likeness (QED) is 0.423. The van der Waals surface area contributed by atoms with Crippen LogP contribution in [-0.4, -0.2) is 46.2 Å². The Bertz CT molecular complexity index is 196. The molecule has 0 aromatic rings. The maximum Gasteiger partial charge on any atom is 0.303 e. The fraction of sp³-hybridized carbons (Fsp3) is 0.923. The lowest BCUT2D eigenvalue weighted by Gasteiger charge is -2.33. The highest BCUT2D eigenvalue weighted by atomic mass is 16.4. The molecule has 18 heavy (non-hydrogen) atoms. The van der Waals surface area contributed by atoms with Crippen LogP contribution in [0.25, 0.3) is 0 Å². The second-order valence-corrected chi connectivity index (χ2v) is 4.88. The average Bonchev–Trinajstić information content (AvgIpc) is 2.37. The highest BCUT2D eigenvalue weighted by Crippen LogP contribution is 2.39. The normalized spacial score (nSPS) is 11.7. The summed E-state index contributed by atoms with van der Waals surface area (Å²) in [5, 5.41) is 35.6. The van der Waals surface area contributed by atoms with Crippen LogP contribution in [0.3, 0.4) is 0 Å². The summed E-state index contributed by atoms with van der Waals surface area (Å²) in [4.78, 5) is 10.7. The molecule has 0 fully saturated rings. The van der Waals surface area contributed by atoms with Gasteiger partial charge >= 0.3 is 5.97 Å². The van der Waals surface area contributed by atoms with Gasteiger partial charge in [-0.15, -0.1) is 0 Å². The highest BCUT2D eigenvalue weighted by molar-refractivity contribution is 5.66. The van der Waals surface area contributed by atoms with E-state index in [9.17, 15) is 4.79 Å². The molecule has 0 bridgehead atoms. The first-order valence-electron chi connectivity index (χ1n) is 6.64. The van der Waals surface area contributed by atoms with E-state index in [0.717, 1.165) is 19.3 Å². The van der Waals surface area contributed by atoms with Crippen LogP contribution in [0, 0.1) is 5.41 Å². The zero-order valence-corrected chi connectivity index (χ0v) is 11.0. The standard InChI is InChI=1S/C13H26O5/c14-9-1-5-13(6-2-10-15,7-3-11-16)8-4-12(17)18/h14-16H,1-11H2,(H,17,18). The summed E-state index contributed by atoms with van der Waals surface area (Å²) in [5.41, 5.74) is -0.174. The molecule has 0 saturated heterocycles. The van der Waals surface area contributed by atoms with E-state index in [-0.39, 0.29) is 31.7 Å². The molecule has 0 aromatic carbocycles. The van der Waals surface area contributed by atoms with Crippen LogP contribution >= 0.6 is 0 Å². The molecule has 0 aliphatic carbocycles. The summed E-state index contributed by atoms with van der Waals surface area (Å²) < 4.78 is 0. The average molecular weight is 262 g/mol. The van der Waals surface area contributed by atoms with E-state index in [0.29, 0.717) is 25.7 Å². The monoisotopic (exact) mass is 262 g/mol. The fourth-order valence-corrected chi connectivity index (χ4v) is 2.48. The number of carboxylic acids is 1. The van der Waals surface area contributed by atoms with Crippen LogP contribution in [0.5, 0.6) is 0 Å². The first-order valence-corrected chi connectivity index (χ1v) is 6.64. The van der Waals surface area contributed by atoms with Crippen molar-refractivity contribution in [1.82, 2.24) is 0 Å². The molecule has 0 aliphatic rings. The first-order chi connectivity index (χ1) is 8.60. The molecule has 0 amide bonds. The van der Waals surface area contributed by atoms with Crippen molar-refractivity contribution in [2.45, 2.75) is 51.4 Å². The number of hydrogen-bond acceptors (Lipinski definition) is 4. The van der Waals surface area contributed by atoms with Crippen molar-refractivity contribution in [2.24, 2.45) is 5.41 Å². The van der Waals surface area contributed by atoms with E-state index >= 15 is 0 Å². The fourth-order valence-electron chi connectivity index (χ4n) is 2.48. The first kappa shape index (κ1) is 17.4. The van der Waals surface area contributed by atoms with Crippen LogP contribution in [0.15, 0.2) is 0 Å². The van der Waals surface area contributed by atoms with Gasteiger partial charge in [-0.3, -0.25) is 4.79 Å². The van der Waals surface area contributed by atoms with Crippen molar-refractivity contribution >= 4 is 5.97 Å². The summed E-state index contributed by atoms with van der Waals surface area (Å²) >= 11 is 0. The molecule has 0 heterocycles. The van der Waals surface area contributed by atoms with Crippen LogP contribution < -0.4 is 0 Å². The Labute approximate surface area is 108 Å². The Morgan fingerprint density at radius 3 is 1.44 bits per heavy atom. The minimum absolute atomic E-state index is 0.0903. The third-order valence-corrected chi connectivity index (χ3v) is 3.46. The molecule has 0 saturated carbocycles. The molecule has 0 unspecified atom stereocenters. The molecule has 0 spiro atoms. The van der Waals surface area contributed by atoms with Crippen LogP contribution in [0.2, 0.25) is 0 Å². The van der Waals surface area contributed by atoms with Gasteiger partial charge in [0.1, 0.15) is 0 Å². The summed E-state index contributed by atoms with van der Waals surface area (Å²) in [6.45, 7) is 0.271. The van der Waals surface area contributed by atoms with Gasteiger partial charge in [-0.05, 0) is 50.4 Å². The number of rotatable bonds is 12. The molecule has 0 aliphatic heterocycles. The molecular formula is C13H26O5. The second kappa shape index (κ2) is 10.3. The molecule has 5 heteroatoms. The lowest BCUT2D eigenvalue weighted by atomic mass is 9.72. The Kier molecular flexibility index (Phi) is 9.92. The SMILES string of the molecule is O=C(O)CCC(CCCO)(CCCO)CCCO. The summed E-state index contributed by atoms with van der Waals surface area (Å²) in [5.74, 6) is -0.823. The van der Waals surface area contributed by atoms with Gasteiger partial charge in [0.15, 0.2) is 0 Å².